The molecule has 5 nitrogen and oxygen atoms in total. The molecule has 0 aliphatic rings. The highest BCUT2D eigenvalue weighted by Gasteiger charge is 2.24. The zero-order valence-electron chi connectivity index (χ0n) is 15.0. The minimum atomic E-state index is -0.366. The first-order chi connectivity index (χ1) is 12.6. The summed E-state index contributed by atoms with van der Waals surface area (Å²) in [6.07, 6.45) is 3.55. The fourth-order valence-electron chi connectivity index (χ4n) is 3.21. The third-order valence-corrected chi connectivity index (χ3v) is 4.54. The fourth-order valence-corrected chi connectivity index (χ4v) is 3.21. The van der Waals surface area contributed by atoms with Crippen molar-refractivity contribution in [1.29, 1.82) is 5.26 Å². The number of esters is 1. The van der Waals surface area contributed by atoms with Gasteiger partial charge in [-0.1, -0.05) is 18.2 Å². The zero-order valence-corrected chi connectivity index (χ0v) is 15.0. The molecule has 3 rings (SSSR count). The van der Waals surface area contributed by atoms with Crippen LogP contribution in [0.15, 0.2) is 48.8 Å². The van der Waals surface area contributed by atoms with Gasteiger partial charge in [0.05, 0.1) is 24.3 Å². The van der Waals surface area contributed by atoms with Crippen LogP contribution in [-0.4, -0.2) is 22.6 Å². The van der Waals surface area contributed by atoms with Crippen LogP contribution >= 0.6 is 0 Å². The van der Waals surface area contributed by atoms with E-state index in [2.05, 4.69) is 15.6 Å². The Balaban J connectivity index is 2.17. The van der Waals surface area contributed by atoms with E-state index < -0.39 is 0 Å². The quantitative estimate of drug-likeness (QED) is 0.673. The van der Waals surface area contributed by atoms with Crippen molar-refractivity contribution in [3.8, 4) is 17.2 Å². The van der Waals surface area contributed by atoms with Crippen LogP contribution in [0, 0.1) is 25.2 Å². The number of hydrogen-bond acceptors (Lipinski definition) is 4. The maximum atomic E-state index is 12.5. The third-order valence-electron chi connectivity index (χ3n) is 4.54. The molecule has 0 unspecified atom stereocenters. The van der Waals surface area contributed by atoms with E-state index in [1.54, 1.807) is 18.3 Å². The molecular formula is C21H19N3O2. The van der Waals surface area contributed by atoms with Gasteiger partial charge in [0, 0.05) is 35.9 Å². The van der Waals surface area contributed by atoms with Crippen LogP contribution in [0.1, 0.15) is 32.9 Å². The van der Waals surface area contributed by atoms with Crippen LogP contribution < -0.4 is 0 Å². The number of aromatic nitrogens is 2. The van der Waals surface area contributed by atoms with E-state index in [4.69, 9.17) is 10.00 Å². The lowest BCUT2D eigenvalue weighted by atomic mass is 9.99. The smallest absolute Gasteiger partial charge is 0.340 e. The topological polar surface area (TPSA) is 67.9 Å². The molecule has 0 fully saturated rings. The van der Waals surface area contributed by atoms with Crippen LogP contribution in [0.3, 0.4) is 0 Å². The van der Waals surface area contributed by atoms with Crippen LogP contribution in [0.4, 0.5) is 0 Å². The number of carbonyl (C=O) groups is 1. The first-order valence-corrected chi connectivity index (χ1v) is 8.24. The summed E-state index contributed by atoms with van der Waals surface area (Å²) < 4.78 is 7.12. The monoisotopic (exact) mass is 345 g/mol. The predicted octanol–water partition coefficient (Wildman–Crippen LogP) is 3.87. The molecule has 26 heavy (non-hydrogen) atoms. The van der Waals surface area contributed by atoms with Crippen molar-refractivity contribution in [1.82, 2.24) is 9.55 Å². The van der Waals surface area contributed by atoms with Gasteiger partial charge in [0.15, 0.2) is 0 Å². The molecule has 0 aliphatic carbocycles. The molecule has 2 heterocycles. The summed E-state index contributed by atoms with van der Waals surface area (Å²) in [5.74, 6) is -0.366. The van der Waals surface area contributed by atoms with Crippen LogP contribution in [-0.2, 0) is 11.3 Å². The van der Waals surface area contributed by atoms with Gasteiger partial charge in [-0.05, 0) is 43.2 Å². The Labute approximate surface area is 152 Å². The molecule has 0 radical (unpaired) electrons. The molecule has 2 aromatic heterocycles. The Kier molecular flexibility index (Phi) is 4.85. The first-order valence-electron chi connectivity index (χ1n) is 8.24. The number of ether oxygens (including phenoxy) is 1. The second-order valence-corrected chi connectivity index (χ2v) is 6.05. The summed E-state index contributed by atoms with van der Waals surface area (Å²) in [7, 11) is 1.39. The summed E-state index contributed by atoms with van der Waals surface area (Å²) in [6.45, 7) is 4.53. The van der Waals surface area contributed by atoms with Crippen molar-refractivity contribution in [3.05, 3.63) is 76.9 Å². The highest BCUT2D eigenvalue weighted by Crippen LogP contribution is 2.33. The van der Waals surface area contributed by atoms with Crippen molar-refractivity contribution in [2.45, 2.75) is 20.4 Å². The summed E-state index contributed by atoms with van der Waals surface area (Å²) in [4.78, 5) is 16.6. The zero-order chi connectivity index (χ0) is 18.7. The number of rotatable bonds is 4. The van der Waals surface area contributed by atoms with E-state index in [9.17, 15) is 4.79 Å². The van der Waals surface area contributed by atoms with Crippen molar-refractivity contribution in [3.63, 3.8) is 0 Å². The van der Waals surface area contributed by atoms with E-state index in [0.717, 1.165) is 28.1 Å². The molecule has 0 bridgehead atoms. The van der Waals surface area contributed by atoms with E-state index in [1.165, 1.54) is 7.11 Å². The third kappa shape index (κ3) is 3.09. The SMILES string of the molecule is COC(=O)c1c(-c2ccc(C#N)cc2)c(C)n(Cc2cccnc2)c1C. The van der Waals surface area contributed by atoms with Crippen molar-refractivity contribution in [2.24, 2.45) is 0 Å². The molecule has 1 aromatic carbocycles. The fraction of sp³-hybridized carbons (Fsp3) is 0.190. The Hall–Kier alpha value is -3.39. The van der Waals surface area contributed by atoms with Crippen molar-refractivity contribution < 1.29 is 9.53 Å². The lowest BCUT2D eigenvalue weighted by Gasteiger charge is -2.09. The molecule has 0 saturated carbocycles. The minimum Gasteiger partial charge on any atom is -0.465 e. The lowest BCUT2D eigenvalue weighted by molar-refractivity contribution is 0.0600. The number of pyridine rings is 1. The first kappa shape index (κ1) is 17.4. The summed E-state index contributed by atoms with van der Waals surface area (Å²) in [6, 6.07) is 13.2. The largest absolute Gasteiger partial charge is 0.465 e. The second-order valence-electron chi connectivity index (χ2n) is 6.05. The molecule has 0 atom stereocenters. The van der Waals surface area contributed by atoms with Gasteiger partial charge in [-0.15, -0.1) is 0 Å². The summed E-state index contributed by atoms with van der Waals surface area (Å²) >= 11 is 0. The molecular weight excluding hydrogens is 326 g/mol. The molecule has 3 aromatic rings. The van der Waals surface area contributed by atoms with Gasteiger partial charge >= 0.3 is 5.97 Å². The van der Waals surface area contributed by atoms with Gasteiger partial charge in [-0.2, -0.15) is 5.26 Å². The van der Waals surface area contributed by atoms with Gasteiger partial charge in [-0.3, -0.25) is 4.98 Å². The van der Waals surface area contributed by atoms with Crippen molar-refractivity contribution >= 4 is 5.97 Å². The summed E-state index contributed by atoms with van der Waals surface area (Å²) in [5.41, 5.74) is 5.72. The molecule has 0 amide bonds. The van der Waals surface area contributed by atoms with Crippen LogP contribution in [0.25, 0.3) is 11.1 Å². The Bertz CT molecular complexity index is 981. The Morgan fingerprint density at radius 2 is 1.92 bits per heavy atom. The Morgan fingerprint density at radius 1 is 1.19 bits per heavy atom. The Morgan fingerprint density at radius 3 is 2.50 bits per heavy atom. The highest BCUT2D eigenvalue weighted by molar-refractivity contribution is 5.99. The molecule has 0 spiro atoms. The number of carbonyl (C=O) groups excluding carboxylic acids is 1. The summed E-state index contributed by atoms with van der Waals surface area (Å²) in [5, 5.41) is 9.01. The van der Waals surface area contributed by atoms with E-state index >= 15 is 0 Å². The maximum absolute atomic E-state index is 12.5. The normalized spacial score (nSPS) is 10.4. The maximum Gasteiger partial charge on any atom is 0.340 e. The number of nitrogens with zero attached hydrogens (tertiary/aromatic N) is 3. The predicted molar refractivity (Wildman–Crippen MR) is 98.7 cm³/mol. The minimum absolute atomic E-state index is 0.366. The van der Waals surface area contributed by atoms with Gasteiger partial charge in [0.2, 0.25) is 0 Å². The van der Waals surface area contributed by atoms with Crippen molar-refractivity contribution in [2.75, 3.05) is 7.11 Å². The second kappa shape index (κ2) is 7.24. The van der Waals surface area contributed by atoms with E-state index in [1.807, 2.05) is 44.3 Å². The van der Waals surface area contributed by atoms with E-state index in [0.29, 0.717) is 17.7 Å². The molecule has 0 saturated heterocycles. The molecule has 0 N–H and O–H groups in total. The number of hydrogen-bond donors (Lipinski definition) is 0. The number of methoxy groups -OCH3 is 1. The average Bonchev–Trinajstić information content (AvgIpc) is 2.93. The number of benzene rings is 1. The molecule has 5 heteroatoms. The standard InChI is InChI=1S/C21H19N3O2/c1-14-19(18-8-6-16(11-22)7-9-18)20(21(25)26-3)15(2)24(14)13-17-5-4-10-23-12-17/h4-10,12H,13H2,1-3H3. The van der Waals surface area contributed by atoms with E-state index in [-0.39, 0.29) is 5.97 Å². The average molecular weight is 345 g/mol. The molecule has 130 valence electrons. The van der Waals surface area contributed by atoms with Crippen LogP contribution in [0.2, 0.25) is 0 Å². The van der Waals surface area contributed by atoms with Crippen LogP contribution in [0.5, 0.6) is 0 Å². The number of nitriles is 1. The van der Waals surface area contributed by atoms with Gasteiger partial charge < -0.3 is 9.30 Å². The molecule has 0 aliphatic heterocycles. The lowest BCUT2D eigenvalue weighted by Crippen LogP contribution is -2.07. The highest BCUT2D eigenvalue weighted by atomic mass is 16.5. The van der Waals surface area contributed by atoms with Gasteiger partial charge in [0.1, 0.15) is 0 Å². The van der Waals surface area contributed by atoms with Gasteiger partial charge in [-0.25, -0.2) is 4.79 Å². The van der Waals surface area contributed by atoms with Gasteiger partial charge in [0.25, 0.3) is 0 Å².